The Morgan fingerprint density at radius 1 is 1.38 bits per heavy atom. The van der Waals surface area contributed by atoms with Crippen LogP contribution in [0.2, 0.25) is 0 Å². The van der Waals surface area contributed by atoms with E-state index in [9.17, 15) is 4.79 Å². The molecule has 2 fully saturated rings. The summed E-state index contributed by atoms with van der Waals surface area (Å²) in [5.74, 6) is -0.217. The number of nitrogens with zero attached hydrogens (tertiary/aromatic N) is 2. The monoisotopic (exact) mass is 226 g/mol. The molecule has 1 amide bonds. The number of carbonyl (C=O) groups is 1. The van der Waals surface area contributed by atoms with Gasteiger partial charge in [-0.3, -0.25) is 9.69 Å². The average molecular weight is 226 g/mol. The number of nitrogens with two attached hydrogens (primary N) is 1. The van der Waals surface area contributed by atoms with Crippen LogP contribution >= 0.6 is 0 Å². The summed E-state index contributed by atoms with van der Waals surface area (Å²) in [5.41, 5.74) is 5.42. The van der Waals surface area contributed by atoms with Crippen molar-refractivity contribution in [1.82, 2.24) is 15.1 Å². The summed E-state index contributed by atoms with van der Waals surface area (Å²) >= 11 is 0. The largest absolute Gasteiger partial charge is 0.368 e. The highest BCUT2D eigenvalue weighted by molar-refractivity contribution is 5.80. The maximum Gasteiger partial charge on any atom is 0.235 e. The minimum Gasteiger partial charge on any atom is -0.368 e. The predicted octanol–water partition coefficient (Wildman–Crippen LogP) is -1.16. The zero-order valence-electron chi connectivity index (χ0n) is 9.98. The summed E-state index contributed by atoms with van der Waals surface area (Å²) in [6.45, 7) is 4.99. The number of nitrogens with one attached hydrogen (secondary N) is 1. The van der Waals surface area contributed by atoms with Gasteiger partial charge in [0.25, 0.3) is 0 Å². The van der Waals surface area contributed by atoms with E-state index in [0.717, 1.165) is 32.7 Å². The van der Waals surface area contributed by atoms with Gasteiger partial charge in [-0.2, -0.15) is 0 Å². The molecule has 16 heavy (non-hydrogen) atoms. The Kier molecular flexibility index (Phi) is 3.78. The molecule has 0 aromatic carbocycles. The highest BCUT2D eigenvalue weighted by Gasteiger charge is 2.29. The van der Waals surface area contributed by atoms with E-state index in [1.165, 1.54) is 12.8 Å². The Morgan fingerprint density at radius 2 is 2.00 bits per heavy atom. The maximum atomic E-state index is 11.3. The second-order valence-corrected chi connectivity index (χ2v) is 5.00. The summed E-state index contributed by atoms with van der Waals surface area (Å²) in [6.07, 6.45) is 2.37. The standard InChI is InChI=1S/C11H22N4O/c1-14-4-6-15(7-5-14)8-10(11(12)16)13-9-2-3-9/h9-10,13H,2-8H2,1H3,(H2,12,16). The fourth-order valence-electron chi connectivity index (χ4n) is 2.05. The molecule has 0 bridgehead atoms. The molecule has 1 aliphatic carbocycles. The third-order valence-corrected chi connectivity index (χ3v) is 3.39. The van der Waals surface area contributed by atoms with E-state index in [0.29, 0.717) is 6.04 Å². The summed E-state index contributed by atoms with van der Waals surface area (Å²) in [5, 5.41) is 3.32. The van der Waals surface area contributed by atoms with Gasteiger partial charge in [0.15, 0.2) is 0 Å². The number of piperazine rings is 1. The number of hydrogen-bond acceptors (Lipinski definition) is 4. The van der Waals surface area contributed by atoms with Gasteiger partial charge in [-0.05, 0) is 19.9 Å². The topological polar surface area (TPSA) is 61.6 Å². The van der Waals surface area contributed by atoms with Gasteiger partial charge in [-0.15, -0.1) is 0 Å². The second-order valence-electron chi connectivity index (χ2n) is 5.00. The second kappa shape index (κ2) is 5.12. The molecule has 1 heterocycles. The van der Waals surface area contributed by atoms with Crippen LogP contribution in [-0.2, 0) is 4.79 Å². The average Bonchev–Trinajstić information content (AvgIpc) is 3.04. The van der Waals surface area contributed by atoms with Gasteiger partial charge < -0.3 is 16.0 Å². The number of amides is 1. The number of hydrogen-bond donors (Lipinski definition) is 2. The Bertz CT molecular complexity index is 246. The van der Waals surface area contributed by atoms with Crippen molar-refractivity contribution in [1.29, 1.82) is 0 Å². The molecule has 1 unspecified atom stereocenters. The molecule has 3 N–H and O–H groups in total. The maximum absolute atomic E-state index is 11.3. The van der Waals surface area contributed by atoms with Crippen LogP contribution in [0.3, 0.4) is 0 Å². The Hall–Kier alpha value is -0.650. The van der Waals surface area contributed by atoms with Crippen molar-refractivity contribution in [2.45, 2.75) is 24.9 Å². The van der Waals surface area contributed by atoms with E-state index in [1.807, 2.05) is 0 Å². The van der Waals surface area contributed by atoms with Crippen LogP contribution in [0.4, 0.5) is 0 Å². The molecule has 2 rings (SSSR count). The van der Waals surface area contributed by atoms with Crippen molar-refractivity contribution >= 4 is 5.91 Å². The van der Waals surface area contributed by atoms with Crippen molar-refractivity contribution in [2.75, 3.05) is 39.8 Å². The molecular formula is C11H22N4O. The smallest absolute Gasteiger partial charge is 0.235 e. The van der Waals surface area contributed by atoms with Gasteiger partial charge >= 0.3 is 0 Å². The molecular weight excluding hydrogens is 204 g/mol. The van der Waals surface area contributed by atoms with E-state index < -0.39 is 0 Å². The van der Waals surface area contributed by atoms with Crippen LogP contribution in [-0.4, -0.2) is 67.6 Å². The van der Waals surface area contributed by atoms with Crippen molar-refractivity contribution in [2.24, 2.45) is 5.73 Å². The molecule has 0 spiro atoms. The van der Waals surface area contributed by atoms with Gasteiger partial charge in [0, 0.05) is 38.8 Å². The van der Waals surface area contributed by atoms with E-state index in [1.54, 1.807) is 0 Å². The quantitative estimate of drug-likeness (QED) is 0.621. The normalized spacial score (nSPS) is 25.6. The minimum absolute atomic E-state index is 0.170. The van der Waals surface area contributed by atoms with Gasteiger partial charge in [0.2, 0.25) is 5.91 Å². The fraction of sp³-hybridized carbons (Fsp3) is 0.909. The molecule has 0 radical (unpaired) electrons. The molecule has 1 atom stereocenters. The molecule has 1 aliphatic heterocycles. The SMILES string of the molecule is CN1CCN(CC(NC2CC2)C(N)=O)CC1. The van der Waals surface area contributed by atoms with E-state index in [-0.39, 0.29) is 11.9 Å². The lowest BCUT2D eigenvalue weighted by Crippen LogP contribution is -2.54. The van der Waals surface area contributed by atoms with Gasteiger partial charge in [0.1, 0.15) is 0 Å². The lowest BCUT2D eigenvalue weighted by Gasteiger charge is -2.34. The highest BCUT2D eigenvalue weighted by Crippen LogP contribution is 2.19. The fourth-order valence-corrected chi connectivity index (χ4v) is 2.05. The molecule has 2 aliphatic rings. The number of primary amides is 1. The van der Waals surface area contributed by atoms with E-state index >= 15 is 0 Å². The number of rotatable bonds is 5. The number of likely N-dealkylation sites (N-methyl/N-ethyl adjacent to an activating group) is 1. The van der Waals surface area contributed by atoms with E-state index in [2.05, 4.69) is 22.2 Å². The zero-order chi connectivity index (χ0) is 11.5. The first-order valence-corrected chi connectivity index (χ1v) is 6.11. The van der Waals surface area contributed by atoms with Crippen LogP contribution < -0.4 is 11.1 Å². The zero-order valence-corrected chi connectivity index (χ0v) is 9.98. The first-order valence-electron chi connectivity index (χ1n) is 6.11. The summed E-state index contributed by atoms with van der Waals surface area (Å²) in [6, 6.07) is 0.362. The van der Waals surface area contributed by atoms with Crippen molar-refractivity contribution in [3.05, 3.63) is 0 Å². The van der Waals surface area contributed by atoms with Gasteiger partial charge in [-0.25, -0.2) is 0 Å². The first-order chi connectivity index (χ1) is 7.65. The third kappa shape index (κ3) is 3.43. The lowest BCUT2D eigenvalue weighted by atomic mass is 10.2. The molecule has 92 valence electrons. The molecule has 0 aromatic heterocycles. The van der Waals surface area contributed by atoms with E-state index in [4.69, 9.17) is 5.73 Å². The third-order valence-electron chi connectivity index (χ3n) is 3.39. The molecule has 1 saturated carbocycles. The van der Waals surface area contributed by atoms with Gasteiger partial charge in [-0.1, -0.05) is 0 Å². The van der Waals surface area contributed by atoms with Crippen molar-refractivity contribution in [3.8, 4) is 0 Å². The molecule has 0 aromatic rings. The molecule has 5 nitrogen and oxygen atoms in total. The first kappa shape index (κ1) is 11.8. The summed E-state index contributed by atoms with van der Waals surface area (Å²) in [7, 11) is 2.13. The number of carbonyl (C=O) groups excluding carboxylic acids is 1. The van der Waals surface area contributed by atoms with Crippen LogP contribution in [0.25, 0.3) is 0 Å². The van der Waals surface area contributed by atoms with Crippen LogP contribution in [0.1, 0.15) is 12.8 Å². The van der Waals surface area contributed by atoms with Crippen molar-refractivity contribution < 1.29 is 4.79 Å². The Labute approximate surface area is 96.9 Å². The van der Waals surface area contributed by atoms with Crippen molar-refractivity contribution in [3.63, 3.8) is 0 Å². The van der Waals surface area contributed by atoms with Crippen LogP contribution in [0.15, 0.2) is 0 Å². The highest BCUT2D eigenvalue weighted by atomic mass is 16.1. The Balaban J connectivity index is 1.77. The molecule has 5 heteroatoms. The van der Waals surface area contributed by atoms with Gasteiger partial charge in [0.05, 0.1) is 6.04 Å². The summed E-state index contributed by atoms with van der Waals surface area (Å²) in [4.78, 5) is 16.0. The Morgan fingerprint density at radius 3 is 2.50 bits per heavy atom. The van der Waals surface area contributed by atoms with Crippen LogP contribution in [0, 0.1) is 0 Å². The lowest BCUT2D eigenvalue weighted by molar-refractivity contribution is -0.120. The molecule has 1 saturated heterocycles. The summed E-state index contributed by atoms with van der Waals surface area (Å²) < 4.78 is 0. The van der Waals surface area contributed by atoms with Crippen LogP contribution in [0.5, 0.6) is 0 Å². The predicted molar refractivity (Wildman–Crippen MR) is 63.1 cm³/mol. The minimum atomic E-state index is -0.217.